The highest BCUT2D eigenvalue weighted by Gasteiger charge is 2.19. The van der Waals surface area contributed by atoms with E-state index >= 15 is 0 Å². The van der Waals surface area contributed by atoms with Gasteiger partial charge in [-0.2, -0.15) is 0 Å². The molecule has 0 aliphatic carbocycles. The Bertz CT molecular complexity index is 470. The van der Waals surface area contributed by atoms with Crippen molar-refractivity contribution in [2.45, 2.75) is 6.92 Å². The van der Waals surface area contributed by atoms with E-state index in [1.807, 2.05) is 0 Å². The average Bonchev–Trinajstić information content (AvgIpc) is 2.30. The number of nitroso groups, excluding NO2 is 1. The number of hydrogen-bond donors (Lipinski definition) is 1. The largest absolute Gasteiger partial charge is 0.505 e. The average molecular weight is 300 g/mol. The monoisotopic (exact) mass is 299 g/mol. The summed E-state index contributed by atoms with van der Waals surface area (Å²) in [6.45, 7) is 1.69. The predicted molar refractivity (Wildman–Crippen MR) is 66.1 cm³/mol. The minimum Gasteiger partial charge on any atom is -0.505 e. The van der Waals surface area contributed by atoms with E-state index in [0.717, 1.165) is 0 Å². The molecule has 0 aliphatic heterocycles. The fraction of sp³-hybridized carbons (Fsp3) is 0.182. The molecule has 0 aromatic heterocycles. The van der Waals surface area contributed by atoms with E-state index in [1.165, 1.54) is 0 Å². The van der Waals surface area contributed by atoms with Gasteiger partial charge in [-0.15, -0.1) is 4.91 Å². The fourth-order valence-corrected chi connectivity index (χ4v) is 1.55. The van der Waals surface area contributed by atoms with Crippen molar-refractivity contribution in [3.63, 3.8) is 0 Å². The SMILES string of the molecule is CCOC(=O)/C(N=O)=C(\O)c1cccc(Br)c1. The van der Waals surface area contributed by atoms with Crippen LogP contribution in [0.25, 0.3) is 5.76 Å². The van der Waals surface area contributed by atoms with Crippen LogP contribution in [0.4, 0.5) is 0 Å². The molecule has 0 unspecified atom stereocenters. The molecule has 6 heteroatoms. The molecule has 0 saturated heterocycles. The molecule has 1 N–H and O–H groups in total. The molecule has 1 aromatic carbocycles. The Morgan fingerprint density at radius 3 is 2.76 bits per heavy atom. The quantitative estimate of drug-likeness (QED) is 0.401. The van der Waals surface area contributed by atoms with Gasteiger partial charge in [-0.25, -0.2) is 4.79 Å². The van der Waals surface area contributed by atoms with Crippen LogP contribution in [0.3, 0.4) is 0 Å². The van der Waals surface area contributed by atoms with Crippen LogP contribution >= 0.6 is 15.9 Å². The summed E-state index contributed by atoms with van der Waals surface area (Å²) in [5.41, 5.74) is -0.327. The Morgan fingerprint density at radius 1 is 1.53 bits per heavy atom. The van der Waals surface area contributed by atoms with Crippen LogP contribution in [0, 0.1) is 4.91 Å². The van der Waals surface area contributed by atoms with Gasteiger partial charge in [0.25, 0.3) is 0 Å². The Labute approximate surface area is 106 Å². The first kappa shape index (κ1) is 13.4. The Balaban J connectivity index is 3.17. The zero-order valence-electron chi connectivity index (χ0n) is 9.01. The van der Waals surface area contributed by atoms with Gasteiger partial charge in [0.05, 0.1) is 6.61 Å². The number of benzene rings is 1. The van der Waals surface area contributed by atoms with Crippen molar-refractivity contribution in [2.75, 3.05) is 6.61 Å². The number of carbonyl (C=O) groups is 1. The first-order valence-corrected chi connectivity index (χ1v) is 5.59. The summed E-state index contributed by atoms with van der Waals surface area (Å²) in [7, 11) is 0. The topological polar surface area (TPSA) is 76.0 Å². The summed E-state index contributed by atoms with van der Waals surface area (Å²) >= 11 is 3.21. The van der Waals surface area contributed by atoms with Crippen LogP contribution in [-0.4, -0.2) is 17.7 Å². The van der Waals surface area contributed by atoms with Crippen molar-refractivity contribution >= 4 is 27.7 Å². The van der Waals surface area contributed by atoms with E-state index in [-0.39, 0.29) is 6.61 Å². The van der Waals surface area contributed by atoms with Gasteiger partial charge in [0.1, 0.15) is 0 Å². The maximum Gasteiger partial charge on any atom is 0.364 e. The second-order valence-electron chi connectivity index (χ2n) is 3.02. The van der Waals surface area contributed by atoms with Gasteiger partial charge in [-0.3, -0.25) is 0 Å². The first-order valence-electron chi connectivity index (χ1n) is 4.79. The van der Waals surface area contributed by atoms with Crippen LogP contribution in [0.2, 0.25) is 0 Å². The van der Waals surface area contributed by atoms with Gasteiger partial charge in [0.2, 0.25) is 5.70 Å². The molecule has 5 nitrogen and oxygen atoms in total. The van der Waals surface area contributed by atoms with Crippen molar-refractivity contribution in [1.82, 2.24) is 0 Å². The number of esters is 1. The lowest BCUT2D eigenvalue weighted by atomic mass is 10.1. The summed E-state index contributed by atoms with van der Waals surface area (Å²) in [5, 5.41) is 12.3. The number of halogens is 1. The summed E-state index contributed by atoms with van der Waals surface area (Å²) in [4.78, 5) is 21.9. The molecule has 17 heavy (non-hydrogen) atoms. The first-order chi connectivity index (χ1) is 8.10. The minimum atomic E-state index is -0.944. The van der Waals surface area contributed by atoms with Crippen LogP contribution in [0.5, 0.6) is 0 Å². The molecule has 90 valence electrons. The van der Waals surface area contributed by atoms with Gasteiger partial charge in [-0.1, -0.05) is 28.1 Å². The van der Waals surface area contributed by atoms with Gasteiger partial charge >= 0.3 is 5.97 Å². The predicted octanol–water partition coefficient (Wildman–Crippen LogP) is 3.01. The van der Waals surface area contributed by atoms with Gasteiger partial charge in [-0.05, 0) is 24.2 Å². The molecule has 0 fully saturated rings. The molecule has 0 bridgehead atoms. The lowest BCUT2D eigenvalue weighted by Crippen LogP contribution is -2.08. The van der Waals surface area contributed by atoms with Crippen molar-refractivity contribution in [1.29, 1.82) is 0 Å². The number of hydrogen-bond acceptors (Lipinski definition) is 5. The highest BCUT2D eigenvalue weighted by Crippen LogP contribution is 2.21. The van der Waals surface area contributed by atoms with Crippen LogP contribution < -0.4 is 0 Å². The molecule has 0 spiro atoms. The summed E-state index contributed by atoms with van der Waals surface area (Å²) in [6, 6.07) is 6.50. The number of nitrogens with zero attached hydrogens (tertiary/aromatic N) is 1. The molecule has 0 aliphatic rings. The Morgan fingerprint density at radius 2 is 2.24 bits per heavy atom. The molecular formula is C11H10BrNO4. The molecule has 0 saturated carbocycles. The maximum atomic E-state index is 11.3. The van der Waals surface area contributed by atoms with Gasteiger partial charge in [0.15, 0.2) is 5.76 Å². The number of aliphatic hydroxyl groups excluding tert-OH is 1. The third-order valence-corrected chi connectivity index (χ3v) is 2.38. The molecular weight excluding hydrogens is 290 g/mol. The highest BCUT2D eigenvalue weighted by atomic mass is 79.9. The van der Waals surface area contributed by atoms with E-state index in [4.69, 9.17) is 0 Å². The third kappa shape index (κ3) is 3.39. The maximum absolute atomic E-state index is 11.3. The van der Waals surface area contributed by atoms with Gasteiger partial charge < -0.3 is 9.84 Å². The van der Waals surface area contributed by atoms with E-state index in [1.54, 1.807) is 31.2 Å². The van der Waals surface area contributed by atoms with Crippen molar-refractivity contribution in [2.24, 2.45) is 5.18 Å². The van der Waals surface area contributed by atoms with Crippen molar-refractivity contribution in [3.05, 3.63) is 44.9 Å². The summed E-state index contributed by atoms with van der Waals surface area (Å²) in [5.74, 6) is -1.44. The second kappa shape index (κ2) is 6.15. The molecule has 0 radical (unpaired) electrons. The highest BCUT2D eigenvalue weighted by molar-refractivity contribution is 9.10. The number of ether oxygens (including phenoxy) is 1. The Hall–Kier alpha value is -1.69. The van der Waals surface area contributed by atoms with E-state index < -0.39 is 17.4 Å². The van der Waals surface area contributed by atoms with Crippen molar-refractivity contribution < 1.29 is 14.6 Å². The minimum absolute atomic E-state index is 0.101. The van der Waals surface area contributed by atoms with E-state index in [0.29, 0.717) is 10.0 Å². The van der Waals surface area contributed by atoms with E-state index in [2.05, 4.69) is 25.8 Å². The van der Waals surface area contributed by atoms with Crippen LogP contribution in [0.15, 0.2) is 39.6 Å². The van der Waals surface area contributed by atoms with Crippen LogP contribution in [-0.2, 0) is 9.53 Å². The number of aliphatic hydroxyl groups is 1. The second-order valence-corrected chi connectivity index (χ2v) is 3.93. The summed E-state index contributed by atoms with van der Waals surface area (Å²) < 4.78 is 5.31. The van der Waals surface area contributed by atoms with E-state index in [9.17, 15) is 14.8 Å². The molecule has 1 aromatic rings. The lowest BCUT2D eigenvalue weighted by molar-refractivity contribution is -0.138. The summed E-state index contributed by atoms with van der Waals surface area (Å²) in [6.07, 6.45) is 0. The van der Waals surface area contributed by atoms with Gasteiger partial charge in [0, 0.05) is 10.0 Å². The van der Waals surface area contributed by atoms with Crippen LogP contribution in [0.1, 0.15) is 12.5 Å². The molecule has 1 rings (SSSR count). The molecule has 0 amide bonds. The molecule has 0 heterocycles. The zero-order chi connectivity index (χ0) is 12.8. The molecule has 0 atom stereocenters. The zero-order valence-corrected chi connectivity index (χ0v) is 10.6. The standard InChI is InChI=1S/C11H10BrNO4/c1-2-17-11(15)9(13-16)10(14)7-4-3-5-8(12)6-7/h3-6,14H,2H2,1H3/b10-9+. The number of carbonyl (C=O) groups excluding carboxylic acids is 1. The van der Waals surface area contributed by atoms with Crippen molar-refractivity contribution in [3.8, 4) is 0 Å². The number of rotatable bonds is 4. The lowest BCUT2D eigenvalue weighted by Gasteiger charge is -2.04. The normalized spacial score (nSPS) is 11.6. The smallest absolute Gasteiger partial charge is 0.364 e. The third-order valence-electron chi connectivity index (χ3n) is 1.88. The Kier molecular flexibility index (Phi) is 4.84. The fourth-order valence-electron chi connectivity index (χ4n) is 1.15.